The molecule has 0 aliphatic carbocycles. The van der Waals surface area contributed by atoms with Crippen molar-refractivity contribution in [3.05, 3.63) is 29.8 Å². The third kappa shape index (κ3) is 2.70. The molecular formula is C18H22N4O4. The second kappa shape index (κ2) is 6.28. The largest absolute Gasteiger partial charge is 0.481 e. The summed E-state index contributed by atoms with van der Waals surface area (Å²) in [7, 11) is 0. The van der Waals surface area contributed by atoms with E-state index in [0.717, 1.165) is 11.3 Å². The Kier molecular flexibility index (Phi) is 4.07. The fourth-order valence-electron chi connectivity index (χ4n) is 4.21. The zero-order valence-corrected chi connectivity index (χ0v) is 14.4. The lowest BCUT2D eigenvalue weighted by Gasteiger charge is -2.22. The Bertz CT molecular complexity index is 750. The van der Waals surface area contributed by atoms with Gasteiger partial charge >= 0.3 is 12.0 Å². The number of hydrogen-bond donors (Lipinski definition) is 3. The molecule has 0 saturated carbocycles. The summed E-state index contributed by atoms with van der Waals surface area (Å²) in [4.78, 5) is 39.4. The second-order valence-corrected chi connectivity index (χ2v) is 7.29. The van der Waals surface area contributed by atoms with Crippen LogP contribution in [-0.2, 0) is 16.0 Å². The Hall–Kier alpha value is -2.61. The fraction of sp³-hybridized carbons (Fsp3) is 0.500. The van der Waals surface area contributed by atoms with Crippen LogP contribution in [0.4, 0.5) is 10.5 Å². The zero-order chi connectivity index (χ0) is 18.3. The van der Waals surface area contributed by atoms with Gasteiger partial charge in [-0.05, 0) is 17.7 Å². The van der Waals surface area contributed by atoms with Crippen molar-refractivity contribution in [3.63, 3.8) is 0 Å². The summed E-state index contributed by atoms with van der Waals surface area (Å²) in [6.45, 7) is 3.09. The van der Waals surface area contributed by atoms with E-state index >= 15 is 0 Å². The zero-order valence-electron chi connectivity index (χ0n) is 14.4. The average Bonchev–Trinajstić information content (AvgIpc) is 3.29. The SMILES string of the molecule is O=C(Cc1ccc(N2CCNC2=O)cc1)N1C[C@@H]2CNC[C@]2(C(=O)O)C1. The molecule has 0 unspecified atom stereocenters. The molecule has 26 heavy (non-hydrogen) atoms. The van der Waals surface area contributed by atoms with Gasteiger partial charge < -0.3 is 20.6 Å². The third-order valence-electron chi connectivity index (χ3n) is 5.77. The van der Waals surface area contributed by atoms with Gasteiger partial charge in [0.15, 0.2) is 0 Å². The molecule has 3 aliphatic rings. The van der Waals surface area contributed by atoms with Crippen molar-refractivity contribution in [1.82, 2.24) is 15.5 Å². The van der Waals surface area contributed by atoms with Gasteiger partial charge in [-0.2, -0.15) is 0 Å². The summed E-state index contributed by atoms with van der Waals surface area (Å²) >= 11 is 0. The number of carboxylic acids is 1. The first kappa shape index (κ1) is 16.8. The molecule has 8 heteroatoms. The van der Waals surface area contributed by atoms with Crippen LogP contribution in [0.3, 0.4) is 0 Å². The van der Waals surface area contributed by atoms with E-state index in [1.165, 1.54) is 0 Å². The Morgan fingerprint density at radius 2 is 2.04 bits per heavy atom. The molecule has 0 radical (unpaired) electrons. The fourth-order valence-corrected chi connectivity index (χ4v) is 4.21. The van der Waals surface area contributed by atoms with Crippen molar-refractivity contribution in [1.29, 1.82) is 0 Å². The molecule has 0 aromatic heterocycles. The molecule has 3 fully saturated rings. The van der Waals surface area contributed by atoms with Crippen molar-refractivity contribution < 1.29 is 19.5 Å². The number of carboxylic acid groups (broad SMARTS) is 1. The normalized spacial score (nSPS) is 27.5. The summed E-state index contributed by atoms with van der Waals surface area (Å²) < 4.78 is 0. The van der Waals surface area contributed by atoms with Gasteiger partial charge in [0, 0.05) is 50.9 Å². The number of rotatable bonds is 4. The van der Waals surface area contributed by atoms with Crippen molar-refractivity contribution >= 4 is 23.6 Å². The van der Waals surface area contributed by atoms with Crippen LogP contribution in [0.25, 0.3) is 0 Å². The molecule has 3 amide bonds. The highest BCUT2D eigenvalue weighted by molar-refractivity contribution is 5.94. The highest BCUT2D eigenvalue weighted by Gasteiger charge is 2.56. The van der Waals surface area contributed by atoms with Gasteiger partial charge in [0.1, 0.15) is 5.41 Å². The number of nitrogens with zero attached hydrogens (tertiary/aromatic N) is 2. The lowest BCUT2D eigenvalue weighted by atomic mass is 9.81. The molecular weight excluding hydrogens is 336 g/mol. The van der Waals surface area contributed by atoms with Crippen LogP contribution in [0.15, 0.2) is 24.3 Å². The Morgan fingerprint density at radius 3 is 2.65 bits per heavy atom. The van der Waals surface area contributed by atoms with E-state index in [2.05, 4.69) is 10.6 Å². The number of hydrogen-bond acceptors (Lipinski definition) is 4. The number of carbonyl (C=O) groups is 3. The summed E-state index contributed by atoms with van der Waals surface area (Å²) in [5.74, 6) is -0.900. The second-order valence-electron chi connectivity index (χ2n) is 7.29. The predicted molar refractivity (Wildman–Crippen MR) is 93.9 cm³/mol. The Balaban J connectivity index is 1.41. The highest BCUT2D eigenvalue weighted by atomic mass is 16.4. The van der Waals surface area contributed by atoms with Crippen molar-refractivity contribution in [2.45, 2.75) is 6.42 Å². The van der Waals surface area contributed by atoms with Crippen LogP contribution < -0.4 is 15.5 Å². The summed E-state index contributed by atoms with van der Waals surface area (Å²) in [5.41, 5.74) is 0.823. The van der Waals surface area contributed by atoms with Gasteiger partial charge in [0.05, 0.1) is 6.42 Å². The summed E-state index contributed by atoms with van der Waals surface area (Å²) in [5, 5.41) is 15.5. The van der Waals surface area contributed by atoms with Gasteiger partial charge in [-0.25, -0.2) is 4.79 Å². The highest BCUT2D eigenvalue weighted by Crippen LogP contribution is 2.39. The number of fused-ring (bicyclic) bond motifs is 1. The molecule has 4 rings (SSSR count). The Morgan fingerprint density at radius 1 is 1.27 bits per heavy atom. The van der Waals surface area contributed by atoms with Crippen molar-refractivity contribution in [3.8, 4) is 0 Å². The van der Waals surface area contributed by atoms with Crippen molar-refractivity contribution in [2.24, 2.45) is 11.3 Å². The van der Waals surface area contributed by atoms with Gasteiger partial charge in [-0.15, -0.1) is 0 Å². The van der Waals surface area contributed by atoms with E-state index in [1.807, 2.05) is 24.3 Å². The minimum atomic E-state index is -0.845. The van der Waals surface area contributed by atoms with Crippen LogP contribution in [-0.4, -0.2) is 67.2 Å². The minimum Gasteiger partial charge on any atom is -0.481 e. The smallest absolute Gasteiger partial charge is 0.321 e. The lowest BCUT2D eigenvalue weighted by molar-refractivity contribution is -0.148. The maximum absolute atomic E-state index is 12.6. The molecule has 3 saturated heterocycles. The summed E-state index contributed by atoms with van der Waals surface area (Å²) in [6, 6.07) is 7.28. The number of urea groups is 1. The number of nitrogens with one attached hydrogen (secondary N) is 2. The van der Waals surface area contributed by atoms with Gasteiger partial charge in [0.25, 0.3) is 0 Å². The van der Waals surface area contributed by atoms with Crippen LogP contribution in [0.1, 0.15) is 5.56 Å². The predicted octanol–water partition coefficient (Wildman–Crippen LogP) is -0.109. The van der Waals surface area contributed by atoms with E-state index in [4.69, 9.17) is 0 Å². The van der Waals surface area contributed by atoms with Gasteiger partial charge in [0.2, 0.25) is 5.91 Å². The topological polar surface area (TPSA) is 102 Å². The van der Waals surface area contributed by atoms with Gasteiger partial charge in [-0.3, -0.25) is 14.5 Å². The van der Waals surface area contributed by atoms with Crippen LogP contribution in [0.2, 0.25) is 0 Å². The molecule has 0 bridgehead atoms. The number of carbonyl (C=O) groups excluding carboxylic acids is 2. The van der Waals surface area contributed by atoms with Crippen LogP contribution >= 0.6 is 0 Å². The minimum absolute atomic E-state index is 0.0278. The van der Waals surface area contributed by atoms with E-state index < -0.39 is 11.4 Å². The number of likely N-dealkylation sites (tertiary alicyclic amines) is 1. The van der Waals surface area contributed by atoms with Crippen LogP contribution in [0.5, 0.6) is 0 Å². The molecule has 138 valence electrons. The lowest BCUT2D eigenvalue weighted by Crippen LogP contribution is -2.41. The van der Waals surface area contributed by atoms with Crippen LogP contribution in [0, 0.1) is 11.3 Å². The summed E-state index contributed by atoms with van der Waals surface area (Å²) in [6.07, 6.45) is 0.238. The molecule has 1 aromatic rings. The van der Waals surface area contributed by atoms with Crippen molar-refractivity contribution in [2.75, 3.05) is 44.2 Å². The van der Waals surface area contributed by atoms with E-state index in [-0.39, 0.29) is 30.8 Å². The number of benzene rings is 1. The molecule has 3 aliphatic heterocycles. The molecule has 3 N–H and O–H groups in total. The quantitative estimate of drug-likeness (QED) is 0.697. The maximum Gasteiger partial charge on any atom is 0.321 e. The first-order chi connectivity index (χ1) is 12.5. The number of aliphatic carboxylic acids is 1. The molecule has 0 spiro atoms. The van der Waals surface area contributed by atoms with E-state index in [0.29, 0.717) is 32.7 Å². The average molecular weight is 358 g/mol. The third-order valence-corrected chi connectivity index (χ3v) is 5.77. The molecule has 2 atom stereocenters. The number of anilines is 1. The van der Waals surface area contributed by atoms with Gasteiger partial charge in [-0.1, -0.05) is 12.1 Å². The first-order valence-corrected chi connectivity index (χ1v) is 8.86. The van der Waals surface area contributed by atoms with E-state index in [1.54, 1.807) is 9.80 Å². The Labute approximate surface area is 151 Å². The monoisotopic (exact) mass is 358 g/mol. The van der Waals surface area contributed by atoms with E-state index in [9.17, 15) is 19.5 Å². The number of amides is 3. The molecule has 1 aromatic carbocycles. The molecule has 8 nitrogen and oxygen atoms in total. The standard InChI is InChI=1S/C18H22N4O4/c23-15(21-9-13-8-19-10-18(13,11-21)16(24)25)7-12-1-3-14(4-2-12)22-6-5-20-17(22)26/h1-4,13,19H,5-11H2,(H,20,26)(H,24,25)/t13-,18-/m0/s1. The molecule has 3 heterocycles. The maximum atomic E-state index is 12.6. The first-order valence-electron chi connectivity index (χ1n) is 8.86.